The molecule has 2 aromatic rings. The minimum absolute atomic E-state index is 0.0780. The fraction of sp³-hybridized carbons (Fsp3) is 0.200. The summed E-state index contributed by atoms with van der Waals surface area (Å²) in [5.41, 5.74) is 2.96. The van der Waals surface area contributed by atoms with Crippen molar-refractivity contribution in [2.45, 2.75) is 26.2 Å². The summed E-state index contributed by atoms with van der Waals surface area (Å²) < 4.78 is 5.25. The van der Waals surface area contributed by atoms with Crippen molar-refractivity contribution in [3.63, 3.8) is 0 Å². The monoisotopic (exact) mass is 373 g/mol. The van der Waals surface area contributed by atoms with Gasteiger partial charge >= 0.3 is 5.97 Å². The van der Waals surface area contributed by atoms with Crippen LogP contribution in [0.5, 0.6) is 0 Å². The van der Waals surface area contributed by atoms with Crippen molar-refractivity contribution in [3.8, 4) is 0 Å². The second kappa shape index (κ2) is 6.66. The summed E-state index contributed by atoms with van der Waals surface area (Å²) in [6.07, 6.45) is 1.70. The van der Waals surface area contributed by atoms with E-state index >= 15 is 0 Å². The second-order valence-corrected chi connectivity index (χ2v) is 7.68. The molecular weight excluding hydrogens is 357 g/mol. The van der Waals surface area contributed by atoms with Crippen molar-refractivity contribution in [1.82, 2.24) is 0 Å². The highest BCUT2D eigenvalue weighted by molar-refractivity contribution is 6.37. The van der Waals surface area contributed by atoms with Crippen LogP contribution < -0.4 is 0 Å². The number of ether oxygens (including phenoxy) is 1. The van der Waals surface area contributed by atoms with Crippen LogP contribution in [0.25, 0.3) is 6.08 Å². The van der Waals surface area contributed by atoms with Crippen LogP contribution in [0.2, 0.25) is 10.0 Å². The molecule has 0 spiro atoms. The van der Waals surface area contributed by atoms with Crippen LogP contribution in [-0.2, 0) is 14.9 Å². The molecule has 0 radical (unpaired) electrons. The van der Waals surface area contributed by atoms with Gasteiger partial charge in [-0.2, -0.15) is 0 Å². The summed E-state index contributed by atoms with van der Waals surface area (Å²) in [5.74, 6) is -0.315. The number of nitrogens with zero attached hydrogens (tertiary/aromatic N) is 1. The number of carbonyl (C=O) groups is 1. The molecule has 0 fully saturated rings. The van der Waals surface area contributed by atoms with E-state index in [0.717, 1.165) is 5.56 Å². The molecule has 3 rings (SSSR count). The van der Waals surface area contributed by atoms with Crippen molar-refractivity contribution in [1.29, 1.82) is 0 Å². The van der Waals surface area contributed by atoms with Crippen LogP contribution in [0.1, 0.15) is 37.5 Å². The number of esters is 1. The second-order valence-electron chi connectivity index (χ2n) is 6.83. The lowest BCUT2D eigenvalue weighted by molar-refractivity contribution is -0.129. The van der Waals surface area contributed by atoms with Gasteiger partial charge in [0.15, 0.2) is 5.70 Å². The van der Waals surface area contributed by atoms with Crippen LogP contribution >= 0.6 is 23.2 Å². The smallest absolute Gasteiger partial charge is 0.363 e. The molecule has 25 heavy (non-hydrogen) atoms. The lowest BCUT2D eigenvalue weighted by Crippen LogP contribution is -2.10. The van der Waals surface area contributed by atoms with Crippen molar-refractivity contribution in [3.05, 3.63) is 74.9 Å². The lowest BCUT2D eigenvalue weighted by atomic mass is 9.87. The van der Waals surface area contributed by atoms with Gasteiger partial charge in [-0.3, -0.25) is 0 Å². The maximum atomic E-state index is 12.1. The molecule has 2 aromatic carbocycles. The van der Waals surface area contributed by atoms with E-state index in [-0.39, 0.29) is 17.0 Å². The van der Waals surface area contributed by atoms with Gasteiger partial charge in [0, 0.05) is 5.02 Å². The number of cyclic esters (lactones) is 1. The average molecular weight is 374 g/mol. The fourth-order valence-corrected chi connectivity index (χ4v) is 2.91. The molecule has 1 aliphatic heterocycles. The zero-order chi connectivity index (χ0) is 18.2. The minimum Gasteiger partial charge on any atom is -0.402 e. The van der Waals surface area contributed by atoms with E-state index in [4.69, 9.17) is 27.9 Å². The number of benzene rings is 2. The molecule has 5 heteroatoms. The number of rotatable bonds is 2. The third-order valence-corrected chi connectivity index (χ3v) is 4.41. The molecule has 0 saturated heterocycles. The van der Waals surface area contributed by atoms with Gasteiger partial charge in [0.25, 0.3) is 0 Å². The molecule has 0 aromatic heterocycles. The van der Waals surface area contributed by atoms with E-state index in [2.05, 4.69) is 25.8 Å². The zero-order valence-corrected chi connectivity index (χ0v) is 15.7. The Morgan fingerprint density at radius 2 is 1.72 bits per heavy atom. The zero-order valence-electron chi connectivity index (χ0n) is 14.1. The van der Waals surface area contributed by atoms with E-state index in [1.165, 1.54) is 5.56 Å². The Balaban J connectivity index is 1.90. The number of hydrogen-bond donors (Lipinski definition) is 0. The number of halogens is 2. The van der Waals surface area contributed by atoms with Gasteiger partial charge in [-0.1, -0.05) is 68.2 Å². The molecule has 0 unspecified atom stereocenters. The molecule has 1 aliphatic rings. The molecule has 0 amide bonds. The molecule has 0 N–H and O–H groups in total. The summed E-state index contributed by atoms with van der Waals surface area (Å²) in [6, 6.07) is 13.0. The van der Waals surface area contributed by atoms with Crippen molar-refractivity contribution >= 4 is 41.1 Å². The highest BCUT2D eigenvalue weighted by Crippen LogP contribution is 2.27. The summed E-state index contributed by atoms with van der Waals surface area (Å²) in [6.45, 7) is 6.46. The molecular formula is C20H17Cl2NO2. The van der Waals surface area contributed by atoms with Crippen molar-refractivity contribution in [2.24, 2.45) is 4.99 Å². The lowest BCUT2D eigenvalue weighted by Gasteiger charge is -2.18. The minimum atomic E-state index is -0.499. The first-order valence-corrected chi connectivity index (χ1v) is 8.58. The summed E-state index contributed by atoms with van der Waals surface area (Å²) in [5, 5.41) is 0.892. The van der Waals surface area contributed by atoms with Gasteiger partial charge in [-0.25, -0.2) is 9.79 Å². The first kappa shape index (κ1) is 17.7. The summed E-state index contributed by atoms with van der Waals surface area (Å²) in [7, 11) is 0. The highest BCUT2D eigenvalue weighted by Gasteiger charge is 2.25. The number of hydrogen-bond acceptors (Lipinski definition) is 3. The highest BCUT2D eigenvalue weighted by atomic mass is 35.5. The van der Waals surface area contributed by atoms with Crippen LogP contribution in [0.4, 0.5) is 0 Å². The Morgan fingerprint density at radius 3 is 2.32 bits per heavy atom. The van der Waals surface area contributed by atoms with Gasteiger partial charge < -0.3 is 4.74 Å². The Bertz CT molecular complexity index is 891. The van der Waals surface area contributed by atoms with Crippen LogP contribution in [0.3, 0.4) is 0 Å². The molecule has 1 heterocycles. The third kappa shape index (κ3) is 3.94. The van der Waals surface area contributed by atoms with Gasteiger partial charge in [-0.05, 0) is 40.8 Å². The predicted molar refractivity (Wildman–Crippen MR) is 102 cm³/mol. The van der Waals surface area contributed by atoms with Crippen LogP contribution in [0, 0.1) is 0 Å². The Kier molecular flexibility index (Phi) is 4.72. The molecule has 3 nitrogen and oxygen atoms in total. The molecule has 0 atom stereocenters. The molecule has 0 aliphatic carbocycles. The van der Waals surface area contributed by atoms with Gasteiger partial charge in [0.05, 0.1) is 10.6 Å². The Hall–Kier alpha value is -2.10. The summed E-state index contributed by atoms with van der Waals surface area (Å²) in [4.78, 5) is 16.4. The van der Waals surface area contributed by atoms with E-state index in [1.807, 2.05) is 24.3 Å². The number of carbonyl (C=O) groups excluding carboxylic acids is 1. The quantitative estimate of drug-likeness (QED) is 0.504. The summed E-state index contributed by atoms with van der Waals surface area (Å²) >= 11 is 12.0. The maximum Gasteiger partial charge on any atom is 0.363 e. The first-order valence-electron chi connectivity index (χ1n) is 7.82. The SMILES string of the molecule is CC(C)(C)c1ccc(C=C2N=C(c3ccc(Cl)cc3Cl)OC2=O)cc1. The molecule has 0 saturated carbocycles. The van der Waals surface area contributed by atoms with Crippen molar-refractivity contribution in [2.75, 3.05) is 0 Å². The van der Waals surface area contributed by atoms with Crippen LogP contribution in [0.15, 0.2) is 53.2 Å². The average Bonchev–Trinajstić information content (AvgIpc) is 2.87. The normalized spacial score (nSPS) is 16.1. The molecule has 128 valence electrons. The van der Waals surface area contributed by atoms with Gasteiger partial charge in [0.2, 0.25) is 5.90 Å². The van der Waals surface area contributed by atoms with E-state index in [0.29, 0.717) is 15.6 Å². The number of aliphatic imine (C=N–C) groups is 1. The third-order valence-electron chi connectivity index (χ3n) is 3.86. The maximum absolute atomic E-state index is 12.1. The largest absolute Gasteiger partial charge is 0.402 e. The predicted octanol–water partition coefficient (Wildman–Crippen LogP) is 5.64. The first-order chi connectivity index (χ1) is 11.7. The van der Waals surface area contributed by atoms with E-state index < -0.39 is 5.97 Å². The van der Waals surface area contributed by atoms with E-state index in [9.17, 15) is 4.79 Å². The van der Waals surface area contributed by atoms with Crippen molar-refractivity contribution < 1.29 is 9.53 Å². The Morgan fingerprint density at radius 1 is 1.04 bits per heavy atom. The Labute approximate surface area is 156 Å². The van der Waals surface area contributed by atoms with Gasteiger partial charge in [-0.15, -0.1) is 0 Å². The van der Waals surface area contributed by atoms with Gasteiger partial charge in [0.1, 0.15) is 0 Å². The molecule has 0 bridgehead atoms. The van der Waals surface area contributed by atoms with Crippen LogP contribution in [-0.4, -0.2) is 11.9 Å². The standard InChI is InChI=1S/C20H17Cl2NO2/c1-20(2,3)13-6-4-12(5-7-13)10-17-19(24)25-18(23-17)15-9-8-14(21)11-16(15)22/h4-11H,1-3H3. The fourth-order valence-electron chi connectivity index (χ4n) is 2.42. The van der Waals surface area contributed by atoms with E-state index in [1.54, 1.807) is 24.3 Å². The topological polar surface area (TPSA) is 38.7 Å².